The zero-order valence-electron chi connectivity index (χ0n) is 9.16. The molecule has 1 heterocycles. The van der Waals surface area contributed by atoms with Crippen molar-refractivity contribution in [2.45, 2.75) is 6.42 Å². The molecule has 0 N–H and O–H groups in total. The van der Waals surface area contributed by atoms with Crippen LogP contribution in [-0.2, 0) is 6.42 Å². The predicted molar refractivity (Wildman–Crippen MR) is 63.6 cm³/mol. The van der Waals surface area contributed by atoms with Crippen LogP contribution in [0.5, 0.6) is 0 Å². The fraction of sp³-hybridized carbons (Fsp3) is 0.0769. The van der Waals surface area contributed by atoms with Gasteiger partial charge in [-0.25, -0.2) is 8.78 Å². The Bertz CT molecular complexity index is 584. The molecule has 1 aromatic heterocycles. The highest BCUT2D eigenvalue weighted by atomic mass is 35.5. The number of carbonyl (C=O) groups excluding carboxylic acids is 1. The molecule has 0 unspecified atom stereocenters. The van der Waals surface area contributed by atoms with Crippen LogP contribution in [0.15, 0.2) is 36.5 Å². The smallest absolute Gasteiger partial charge is 0.185 e. The minimum absolute atomic E-state index is 0.0742. The van der Waals surface area contributed by atoms with Crippen molar-refractivity contribution < 1.29 is 13.6 Å². The van der Waals surface area contributed by atoms with Crippen LogP contribution in [0.3, 0.4) is 0 Å². The number of benzene rings is 1. The summed E-state index contributed by atoms with van der Waals surface area (Å²) in [4.78, 5) is 15.5. The Kier molecular flexibility index (Phi) is 3.67. The zero-order valence-corrected chi connectivity index (χ0v) is 9.92. The monoisotopic (exact) mass is 267 g/mol. The van der Waals surface area contributed by atoms with Crippen molar-refractivity contribution in [2.75, 3.05) is 0 Å². The first-order valence-corrected chi connectivity index (χ1v) is 5.53. The fourth-order valence-corrected chi connectivity index (χ4v) is 1.68. The van der Waals surface area contributed by atoms with Gasteiger partial charge in [0.2, 0.25) is 0 Å². The number of ketones is 1. The number of carbonyl (C=O) groups is 1. The Morgan fingerprint density at radius 3 is 2.67 bits per heavy atom. The van der Waals surface area contributed by atoms with Gasteiger partial charge in [-0.05, 0) is 23.8 Å². The third-order valence-corrected chi connectivity index (χ3v) is 2.82. The Labute approximate surface area is 107 Å². The van der Waals surface area contributed by atoms with Gasteiger partial charge >= 0.3 is 0 Å². The van der Waals surface area contributed by atoms with E-state index in [2.05, 4.69) is 4.98 Å². The maximum Gasteiger partial charge on any atom is 0.185 e. The van der Waals surface area contributed by atoms with Crippen LogP contribution in [0, 0.1) is 11.6 Å². The number of aromatic nitrogens is 1. The van der Waals surface area contributed by atoms with Crippen LogP contribution in [0.1, 0.15) is 16.1 Å². The van der Waals surface area contributed by atoms with Gasteiger partial charge in [0.15, 0.2) is 5.78 Å². The molecule has 2 aromatic rings. The lowest BCUT2D eigenvalue weighted by Gasteiger charge is -2.04. The second kappa shape index (κ2) is 5.23. The lowest BCUT2D eigenvalue weighted by atomic mass is 10.1. The molecule has 0 aliphatic rings. The summed E-state index contributed by atoms with van der Waals surface area (Å²) in [5.74, 6) is -1.44. The first-order chi connectivity index (χ1) is 8.58. The van der Waals surface area contributed by atoms with Crippen molar-refractivity contribution >= 4 is 17.4 Å². The highest BCUT2D eigenvalue weighted by molar-refractivity contribution is 6.31. The van der Waals surface area contributed by atoms with Crippen LogP contribution in [-0.4, -0.2) is 10.8 Å². The Morgan fingerprint density at radius 1 is 1.22 bits per heavy atom. The quantitative estimate of drug-likeness (QED) is 0.798. The van der Waals surface area contributed by atoms with Crippen LogP contribution in [0.2, 0.25) is 5.02 Å². The number of hydrogen-bond donors (Lipinski definition) is 0. The third kappa shape index (κ3) is 2.71. The van der Waals surface area contributed by atoms with E-state index in [9.17, 15) is 13.6 Å². The topological polar surface area (TPSA) is 30.0 Å². The third-order valence-electron chi connectivity index (χ3n) is 2.40. The largest absolute Gasteiger partial charge is 0.292 e. The second-order valence-corrected chi connectivity index (χ2v) is 4.05. The highest BCUT2D eigenvalue weighted by Crippen LogP contribution is 2.21. The number of halogens is 3. The van der Waals surface area contributed by atoms with Gasteiger partial charge < -0.3 is 0 Å². The lowest BCUT2D eigenvalue weighted by molar-refractivity contribution is 0.0988. The van der Waals surface area contributed by atoms with Crippen molar-refractivity contribution in [3.05, 3.63) is 64.4 Å². The first kappa shape index (κ1) is 12.6. The Balaban J connectivity index is 2.21. The van der Waals surface area contributed by atoms with Gasteiger partial charge in [0.1, 0.15) is 17.3 Å². The van der Waals surface area contributed by atoms with Crippen LogP contribution in [0.4, 0.5) is 8.78 Å². The SMILES string of the molecule is O=C(Cc1cccc(F)c1Cl)c1ccc(F)cn1. The van der Waals surface area contributed by atoms with E-state index in [0.29, 0.717) is 5.56 Å². The first-order valence-electron chi connectivity index (χ1n) is 5.15. The van der Waals surface area contributed by atoms with Gasteiger partial charge in [-0.3, -0.25) is 9.78 Å². The zero-order chi connectivity index (χ0) is 13.1. The van der Waals surface area contributed by atoms with Crippen molar-refractivity contribution in [1.29, 1.82) is 0 Å². The summed E-state index contributed by atoms with van der Waals surface area (Å²) in [5.41, 5.74) is 0.504. The van der Waals surface area contributed by atoms with E-state index in [1.54, 1.807) is 6.07 Å². The molecule has 18 heavy (non-hydrogen) atoms. The Morgan fingerprint density at radius 2 is 2.00 bits per heavy atom. The van der Waals surface area contributed by atoms with E-state index in [-0.39, 0.29) is 22.9 Å². The van der Waals surface area contributed by atoms with Crippen LogP contribution < -0.4 is 0 Å². The minimum atomic E-state index is -0.575. The molecular weight excluding hydrogens is 260 g/mol. The summed E-state index contributed by atoms with van der Waals surface area (Å²) in [5, 5.41) is -0.0760. The number of Topliss-reactive ketones (excluding diaryl/α,β-unsaturated/α-hetero) is 1. The van der Waals surface area contributed by atoms with Crippen molar-refractivity contribution in [2.24, 2.45) is 0 Å². The normalized spacial score (nSPS) is 10.4. The molecule has 5 heteroatoms. The van der Waals surface area contributed by atoms with Gasteiger partial charge in [-0.15, -0.1) is 0 Å². The number of nitrogens with zero attached hydrogens (tertiary/aromatic N) is 1. The van der Waals surface area contributed by atoms with E-state index in [4.69, 9.17) is 11.6 Å². The van der Waals surface area contributed by atoms with E-state index < -0.39 is 11.6 Å². The maximum atomic E-state index is 13.2. The molecule has 2 nitrogen and oxygen atoms in total. The molecule has 0 aliphatic carbocycles. The molecule has 0 saturated heterocycles. The lowest BCUT2D eigenvalue weighted by Crippen LogP contribution is -2.06. The van der Waals surface area contributed by atoms with Gasteiger partial charge in [0, 0.05) is 6.42 Å². The highest BCUT2D eigenvalue weighted by Gasteiger charge is 2.12. The number of rotatable bonds is 3. The van der Waals surface area contributed by atoms with Crippen molar-refractivity contribution in [3.63, 3.8) is 0 Å². The summed E-state index contributed by atoms with van der Waals surface area (Å²) in [7, 11) is 0. The summed E-state index contributed by atoms with van der Waals surface area (Å²) in [6.45, 7) is 0. The molecule has 1 aromatic carbocycles. The molecule has 0 fully saturated rings. The molecule has 0 atom stereocenters. The molecule has 0 saturated carbocycles. The molecular formula is C13H8ClF2NO. The maximum absolute atomic E-state index is 13.2. The molecule has 0 bridgehead atoms. The van der Waals surface area contributed by atoms with Crippen LogP contribution >= 0.6 is 11.6 Å². The predicted octanol–water partition coefficient (Wildman–Crippen LogP) is 3.44. The summed E-state index contributed by atoms with van der Waals surface area (Å²) < 4.78 is 25.8. The van der Waals surface area contributed by atoms with Crippen molar-refractivity contribution in [1.82, 2.24) is 4.98 Å². The number of pyridine rings is 1. The Hall–Kier alpha value is -1.81. The van der Waals surface area contributed by atoms with Gasteiger partial charge in [0.05, 0.1) is 11.2 Å². The molecule has 2 rings (SSSR count). The molecule has 0 spiro atoms. The van der Waals surface area contributed by atoms with E-state index in [1.807, 2.05) is 0 Å². The van der Waals surface area contributed by atoms with Crippen molar-refractivity contribution in [3.8, 4) is 0 Å². The summed E-state index contributed by atoms with van der Waals surface area (Å²) >= 11 is 5.74. The van der Waals surface area contributed by atoms with Gasteiger partial charge in [-0.2, -0.15) is 0 Å². The van der Waals surface area contributed by atoms with E-state index in [1.165, 1.54) is 18.2 Å². The standard InChI is InChI=1S/C13H8ClF2NO/c14-13-8(2-1-3-10(13)16)6-12(18)11-5-4-9(15)7-17-11/h1-5,7H,6H2. The second-order valence-electron chi connectivity index (χ2n) is 3.67. The summed E-state index contributed by atoms with van der Waals surface area (Å²) in [6, 6.07) is 6.68. The van der Waals surface area contributed by atoms with Gasteiger partial charge in [0.25, 0.3) is 0 Å². The van der Waals surface area contributed by atoms with Crippen LogP contribution in [0.25, 0.3) is 0 Å². The molecule has 92 valence electrons. The van der Waals surface area contributed by atoms with E-state index >= 15 is 0 Å². The molecule has 0 radical (unpaired) electrons. The number of hydrogen-bond acceptors (Lipinski definition) is 2. The molecule has 0 aliphatic heterocycles. The van der Waals surface area contributed by atoms with E-state index in [0.717, 1.165) is 12.3 Å². The minimum Gasteiger partial charge on any atom is -0.292 e. The average Bonchev–Trinajstić information content (AvgIpc) is 2.36. The fourth-order valence-electron chi connectivity index (χ4n) is 1.49. The van der Waals surface area contributed by atoms with Gasteiger partial charge in [-0.1, -0.05) is 23.7 Å². The average molecular weight is 268 g/mol. The summed E-state index contributed by atoms with van der Waals surface area (Å²) in [6.07, 6.45) is 0.885. The molecule has 0 amide bonds.